The Morgan fingerprint density at radius 2 is 1.61 bits per heavy atom. The van der Waals surface area contributed by atoms with Gasteiger partial charge in [0, 0.05) is 23.5 Å². The van der Waals surface area contributed by atoms with Crippen molar-refractivity contribution in [3.05, 3.63) is 108 Å². The molecule has 6 nitrogen and oxygen atoms in total. The average Bonchev–Trinajstić information content (AvgIpc) is 3.47. The molecule has 5 rings (SSSR count). The number of thiophene rings is 1. The number of sulfonamides is 1. The van der Waals surface area contributed by atoms with Crippen molar-refractivity contribution in [2.75, 3.05) is 0 Å². The van der Waals surface area contributed by atoms with Gasteiger partial charge < -0.3 is 0 Å². The number of fused-ring (bicyclic) bond motifs is 1. The number of aromatic nitrogens is 3. The van der Waals surface area contributed by atoms with Crippen LogP contribution < -0.4 is 4.72 Å². The Bertz CT molecular complexity index is 1410. The van der Waals surface area contributed by atoms with E-state index in [1.165, 1.54) is 11.3 Å². The van der Waals surface area contributed by atoms with Crippen molar-refractivity contribution < 1.29 is 8.42 Å². The van der Waals surface area contributed by atoms with E-state index in [0.29, 0.717) is 5.95 Å². The van der Waals surface area contributed by atoms with E-state index in [9.17, 15) is 8.42 Å². The van der Waals surface area contributed by atoms with E-state index in [1.54, 1.807) is 36.0 Å². The number of nitrogens with zero attached hydrogens (tertiary/aromatic N) is 3. The van der Waals surface area contributed by atoms with Crippen LogP contribution in [0.2, 0.25) is 0 Å². The molecule has 0 aliphatic heterocycles. The lowest BCUT2D eigenvalue weighted by molar-refractivity contribution is 0.570. The Labute approximate surface area is 183 Å². The molecule has 0 spiro atoms. The number of nitrogens with one attached hydrogen (secondary N) is 1. The van der Waals surface area contributed by atoms with Crippen molar-refractivity contribution in [1.82, 2.24) is 19.3 Å². The second-order valence-electron chi connectivity index (χ2n) is 6.91. The molecule has 1 N–H and O–H groups in total. The van der Waals surface area contributed by atoms with E-state index in [2.05, 4.69) is 14.7 Å². The van der Waals surface area contributed by atoms with Crippen molar-refractivity contribution in [3.8, 4) is 5.95 Å². The standard InChI is InChI=1S/C23H18N4O2S2/c28-31(29,21-12-6-15-30-21)26-22(17-8-2-1-3-9-17)20-16-18-10-4-5-11-19(18)27(20)23-24-13-7-14-25-23/h1-16,22,26H. The zero-order chi connectivity index (χ0) is 21.3. The molecule has 0 saturated carbocycles. The van der Waals surface area contributed by atoms with E-state index in [0.717, 1.165) is 22.2 Å². The third kappa shape index (κ3) is 3.76. The van der Waals surface area contributed by atoms with E-state index >= 15 is 0 Å². The lowest BCUT2D eigenvalue weighted by atomic mass is 10.0. The number of hydrogen-bond acceptors (Lipinski definition) is 5. The number of para-hydroxylation sites is 1. The summed E-state index contributed by atoms with van der Waals surface area (Å²) >= 11 is 1.19. The summed E-state index contributed by atoms with van der Waals surface area (Å²) < 4.78 is 31.4. The lowest BCUT2D eigenvalue weighted by Gasteiger charge is -2.21. The molecule has 0 aliphatic rings. The lowest BCUT2D eigenvalue weighted by Crippen LogP contribution is -2.30. The third-order valence-electron chi connectivity index (χ3n) is 4.95. The number of rotatable bonds is 6. The Balaban J connectivity index is 1.74. The molecular formula is C23H18N4O2S2. The molecule has 0 radical (unpaired) electrons. The molecule has 0 fully saturated rings. The fourth-order valence-electron chi connectivity index (χ4n) is 3.59. The average molecular weight is 447 g/mol. The fourth-order valence-corrected chi connectivity index (χ4v) is 5.80. The first-order chi connectivity index (χ1) is 15.1. The minimum atomic E-state index is -3.73. The molecule has 2 aromatic carbocycles. The monoisotopic (exact) mass is 446 g/mol. The second kappa shape index (κ2) is 8.07. The summed E-state index contributed by atoms with van der Waals surface area (Å²) in [5.41, 5.74) is 2.46. The molecule has 0 aliphatic carbocycles. The van der Waals surface area contributed by atoms with Crippen molar-refractivity contribution in [3.63, 3.8) is 0 Å². The van der Waals surface area contributed by atoms with Crippen molar-refractivity contribution in [2.45, 2.75) is 10.3 Å². The van der Waals surface area contributed by atoms with Gasteiger partial charge in [0.2, 0.25) is 5.95 Å². The summed E-state index contributed by atoms with van der Waals surface area (Å²) in [6.45, 7) is 0. The highest BCUT2D eigenvalue weighted by molar-refractivity contribution is 7.91. The number of benzene rings is 2. The molecule has 1 unspecified atom stereocenters. The van der Waals surface area contributed by atoms with Gasteiger partial charge in [-0.1, -0.05) is 54.6 Å². The normalized spacial score (nSPS) is 12.8. The summed E-state index contributed by atoms with van der Waals surface area (Å²) in [5, 5.41) is 2.72. The van der Waals surface area contributed by atoms with Crippen LogP contribution in [0, 0.1) is 0 Å². The quantitative estimate of drug-likeness (QED) is 0.415. The summed E-state index contributed by atoms with van der Waals surface area (Å²) in [4.78, 5) is 8.86. The van der Waals surface area contributed by atoms with E-state index in [1.807, 2.05) is 65.2 Å². The molecule has 154 valence electrons. The maximum Gasteiger partial charge on any atom is 0.250 e. The van der Waals surface area contributed by atoms with Crippen LogP contribution in [0.3, 0.4) is 0 Å². The first kappa shape index (κ1) is 19.6. The Morgan fingerprint density at radius 1 is 0.871 bits per heavy atom. The van der Waals surface area contributed by atoms with Crippen LogP contribution in [-0.2, 0) is 10.0 Å². The van der Waals surface area contributed by atoms with Gasteiger partial charge in [-0.25, -0.2) is 18.4 Å². The van der Waals surface area contributed by atoms with Gasteiger partial charge in [0.05, 0.1) is 11.6 Å². The molecule has 1 atom stereocenters. The van der Waals surface area contributed by atoms with Gasteiger partial charge in [0.25, 0.3) is 10.0 Å². The Morgan fingerprint density at radius 3 is 2.35 bits per heavy atom. The predicted octanol–water partition coefficient (Wildman–Crippen LogP) is 4.55. The maximum atomic E-state index is 13.2. The van der Waals surface area contributed by atoms with E-state index in [-0.39, 0.29) is 4.21 Å². The van der Waals surface area contributed by atoms with Crippen LogP contribution in [0.4, 0.5) is 0 Å². The number of hydrogen-bond donors (Lipinski definition) is 1. The SMILES string of the molecule is O=S(=O)(NC(c1ccccc1)c1cc2ccccc2n1-c1ncccn1)c1cccs1. The summed E-state index contributed by atoms with van der Waals surface area (Å²) in [5.74, 6) is 0.481. The van der Waals surface area contributed by atoms with Crippen LogP contribution in [0.15, 0.2) is 101 Å². The highest BCUT2D eigenvalue weighted by Crippen LogP contribution is 2.32. The van der Waals surface area contributed by atoms with E-state index in [4.69, 9.17) is 0 Å². The zero-order valence-electron chi connectivity index (χ0n) is 16.3. The van der Waals surface area contributed by atoms with Crippen molar-refractivity contribution in [1.29, 1.82) is 0 Å². The maximum absolute atomic E-state index is 13.2. The highest BCUT2D eigenvalue weighted by Gasteiger charge is 2.28. The topological polar surface area (TPSA) is 76.9 Å². The van der Waals surface area contributed by atoms with Gasteiger partial charge >= 0.3 is 0 Å². The molecule has 0 bridgehead atoms. The molecule has 3 aromatic heterocycles. The van der Waals surface area contributed by atoms with Crippen molar-refractivity contribution in [2.24, 2.45) is 0 Å². The molecular weight excluding hydrogens is 428 g/mol. The Hall–Kier alpha value is -3.33. The summed E-state index contributed by atoms with van der Waals surface area (Å²) in [6.07, 6.45) is 3.35. The predicted molar refractivity (Wildman–Crippen MR) is 122 cm³/mol. The summed E-state index contributed by atoms with van der Waals surface area (Å²) in [6, 6.07) is 23.8. The molecule has 31 heavy (non-hydrogen) atoms. The van der Waals surface area contributed by atoms with Crippen LogP contribution in [0.5, 0.6) is 0 Å². The van der Waals surface area contributed by atoms with Crippen LogP contribution >= 0.6 is 11.3 Å². The summed E-state index contributed by atoms with van der Waals surface area (Å²) in [7, 11) is -3.73. The van der Waals surface area contributed by atoms with Crippen molar-refractivity contribution >= 4 is 32.3 Å². The van der Waals surface area contributed by atoms with Crippen LogP contribution in [0.25, 0.3) is 16.9 Å². The molecule has 0 saturated heterocycles. The largest absolute Gasteiger partial charge is 0.280 e. The fraction of sp³-hybridized carbons (Fsp3) is 0.0435. The van der Waals surface area contributed by atoms with Crippen LogP contribution in [-0.4, -0.2) is 23.0 Å². The zero-order valence-corrected chi connectivity index (χ0v) is 17.9. The third-order valence-corrected chi connectivity index (χ3v) is 7.77. The smallest absolute Gasteiger partial charge is 0.250 e. The van der Waals surface area contributed by atoms with Gasteiger partial charge in [-0.15, -0.1) is 11.3 Å². The Kier molecular flexibility index (Phi) is 5.11. The van der Waals surface area contributed by atoms with Gasteiger partial charge in [-0.05, 0) is 35.2 Å². The van der Waals surface area contributed by atoms with Crippen LogP contribution in [0.1, 0.15) is 17.3 Å². The second-order valence-corrected chi connectivity index (χ2v) is 9.80. The molecule has 8 heteroatoms. The molecule has 5 aromatic rings. The minimum Gasteiger partial charge on any atom is -0.280 e. The van der Waals surface area contributed by atoms with Gasteiger partial charge in [0.1, 0.15) is 4.21 Å². The van der Waals surface area contributed by atoms with E-state index < -0.39 is 16.1 Å². The molecule has 3 heterocycles. The minimum absolute atomic E-state index is 0.270. The highest BCUT2D eigenvalue weighted by atomic mass is 32.2. The van der Waals surface area contributed by atoms with Gasteiger partial charge in [0.15, 0.2) is 0 Å². The van der Waals surface area contributed by atoms with Gasteiger partial charge in [-0.3, -0.25) is 4.57 Å². The first-order valence-electron chi connectivity index (χ1n) is 9.62. The van der Waals surface area contributed by atoms with Gasteiger partial charge in [-0.2, -0.15) is 4.72 Å². The molecule has 0 amide bonds. The first-order valence-corrected chi connectivity index (χ1v) is 12.0.